The molecule has 1 atom stereocenters. The van der Waals surface area contributed by atoms with E-state index in [2.05, 4.69) is 15.6 Å². The van der Waals surface area contributed by atoms with Gasteiger partial charge in [0.2, 0.25) is 0 Å². The quantitative estimate of drug-likeness (QED) is 0.762. The van der Waals surface area contributed by atoms with Gasteiger partial charge in [-0.1, -0.05) is 17.7 Å². The summed E-state index contributed by atoms with van der Waals surface area (Å²) >= 11 is 13.0. The van der Waals surface area contributed by atoms with Gasteiger partial charge in [0.15, 0.2) is 5.11 Å². The molecule has 2 aliphatic rings. The first-order chi connectivity index (χ1) is 12.5. The third kappa shape index (κ3) is 2.94. The number of thiocarbonyl (C=S) groups is 1. The first-order valence-corrected chi connectivity index (χ1v) is 9.23. The number of rotatable bonds is 3. The molecule has 3 heterocycles. The normalized spacial score (nSPS) is 18.7. The van der Waals surface area contributed by atoms with Crippen LogP contribution in [0.2, 0.25) is 5.02 Å². The van der Waals surface area contributed by atoms with Crippen LogP contribution in [0, 0.1) is 0 Å². The van der Waals surface area contributed by atoms with Gasteiger partial charge in [-0.05, 0) is 29.9 Å². The highest BCUT2D eigenvalue weighted by Gasteiger charge is 2.40. The van der Waals surface area contributed by atoms with E-state index in [1.165, 1.54) is 17.6 Å². The monoisotopic (exact) mass is 406 g/mol. The van der Waals surface area contributed by atoms with Crippen LogP contribution in [-0.2, 0) is 9.53 Å². The van der Waals surface area contributed by atoms with Crippen LogP contribution in [0.5, 0.6) is 0 Å². The van der Waals surface area contributed by atoms with E-state index in [0.29, 0.717) is 33.8 Å². The van der Waals surface area contributed by atoms with Crippen molar-refractivity contribution in [3.05, 3.63) is 57.3 Å². The Kier molecular flexibility index (Phi) is 4.35. The second-order valence-corrected chi connectivity index (χ2v) is 7.06. The van der Waals surface area contributed by atoms with Crippen molar-refractivity contribution in [3.8, 4) is 0 Å². The number of hydrogen-bond acceptors (Lipinski definition) is 6. The lowest BCUT2D eigenvalue weighted by Crippen LogP contribution is -2.35. The van der Waals surface area contributed by atoms with Gasteiger partial charge in [-0.25, -0.2) is 4.98 Å². The zero-order chi connectivity index (χ0) is 18.3. The van der Waals surface area contributed by atoms with Crippen molar-refractivity contribution >= 4 is 57.8 Å². The van der Waals surface area contributed by atoms with Crippen LogP contribution in [0.3, 0.4) is 0 Å². The Morgan fingerprint density at radius 1 is 1.50 bits per heavy atom. The Hall–Kier alpha value is -2.49. The molecular weight excluding hydrogens is 396 g/mol. The smallest absolute Gasteiger partial charge is 0.277 e. The number of anilines is 1. The molecule has 0 saturated carbocycles. The summed E-state index contributed by atoms with van der Waals surface area (Å²) in [5.74, 6) is -0.611. The van der Waals surface area contributed by atoms with Crippen molar-refractivity contribution in [2.24, 2.45) is 0 Å². The van der Waals surface area contributed by atoms with E-state index < -0.39 is 0 Å². The highest BCUT2D eigenvalue weighted by Crippen LogP contribution is 2.36. The molecule has 4 rings (SSSR count). The molecular formula is C16H11ClN4O3S2. The largest absolute Gasteiger partial charge is 0.496 e. The fourth-order valence-corrected chi connectivity index (χ4v) is 3.93. The summed E-state index contributed by atoms with van der Waals surface area (Å²) in [6, 6.07) is 4.82. The first kappa shape index (κ1) is 17.0. The van der Waals surface area contributed by atoms with E-state index in [1.807, 2.05) is 0 Å². The highest BCUT2D eigenvalue weighted by atomic mass is 35.5. The summed E-state index contributed by atoms with van der Waals surface area (Å²) in [4.78, 5) is 29.6. The minimum atomic E-state index is -0.336. The third-order valence-corrected chi connectivity index (χ3v) is 5.19. The fourth-order valence-electron chi connectivity index (χ4n) is 2.78. The molecule has 1 aromatic carbocycles. The topological polar surface area (TPSA) is 83.6 Å². The molecule has 2 N–H and O–H groups in total. The number of ether oxygens (including phenoxy) is 1. The Labute approximate surface area is 162 Å². The Balaban J connectivity index is 1.58. The maximum absolute atomic E-state index is 12.1. The zero-order valence-electron chi connectivity index (χ0n) is 13.1. The maximum atomic E-state index is 12.1. The van der Waals surface area contributed by atoms with Crippen LogP contribution >= 0.6 is 35.2 Å². The van der Waals surface area contributed by atoms with Gasteiger partial charge in [0.25, 0.3) is 11.8 Å². The number of carbonyl (C=O) groups is 2. The molecule has 2 amide bonds. The van der Waals surface area contributed by atoms with Crippen molar-refractivity contribution in [1.82, 2.24) is 15.2 Å². The average molecular weight is 407 g/mol. The van der Waals surface area contributed by atoms with Crippen molar-refractivity contribution in [1.29, 1.82) is 0 Å². The molecule has 1 aromatic heterocycles. The van der Waals surface area contributed by atoms with Crippen LogP contribution in [0.1, 0.15) is 22.1 Å². The molecule has 1 unspecified atom stereocenters. The third-order valence-electron chi connectivity index (χ3n) is 3.97. The second kappa shape index (κ2) is 6.67. The molecule has 2 aromatic rings. The van der Waals surface area contributed by atoms with E-state index in [1.54, 1.807) is 34.0 Å². The number of nitrogens with one attached hydrogen (secondary N) is 2. The first-order valence-electron chi connectivity index (χ1n) is 7.50. The summed E-state index contributed by atoms with van der Waals surface area (Å²) in [5, 5.41) is 7.75. The number of fused-ring (bicyclic) bond motifs is 1. The summed E-state index contributed by atoms with van der Waals surface area (Å²) in [6.07, 6.45) is 1.39. The molecule has 10 heteroatoms. The molecule has 0 aliphatic carbocycles. The second-order valence-electron chi connectivity index (χ2n) is 5.55. The highest BCUT2D eigenvalue weighted by molar-refractivity contribution is 7.80. The van der Waals surface area contributed by atoms with Gasteiger partial charge >= 0.3 is 0 Å². The van der Waals surface area contributed by atoms with E-state index in [-0.39, 0.29) is 17.9 Å². The molecule has 1 saturated heterocycles. The SMILES string of the molecule is O=C1NC(=S)N2C1=COCC2c1ccc(NC(=O)c2cscn2)cc1Cl. The van der Waals surface area contributed by atoms with Crippen molar-refractivity contribution in [3.63, 3.8) is 0 Å². The summed E-state index contributed by atoms with van der Waals surface area (Å²) in [7, 11) is 0. The van der Waals surface area contributed by atoms with E-state index in [9.17, 15) is 9.59 Å². The molecule has 0 radical (unpaired) electrons. The zero-order valence-corrected chi connectivity index (χ0v) is 15.5. The average Bonchev–Trinajstić information content (AvgIpc) is 3.24. The predicted octanol–water partition coefficient (Wildman–Crippen LogP) is 2.68. The molecule has 0 spiro atoms. The number of amides is 2. The molecule has 132 valence electrons. The lowest BCUT2D eigenvalue weighted by Gasteiger charge is -2.32. The van der Waals surface area contributed by atoms with Crippen LogP contribution in [-0.4, -0.2) is 33.4 Å². The maximum Gasteiger partial charge on any atom is 0.277 e. The van der Waals surface area contributed by atoms with E-state index in [4.69, 9.17) is 28.6 Å². The number of thiazole rings is 1. The van der Waals surface area contributed by atoms with Crippen molar-refractivity contribution in [2.75, 3.05) is 11.9 Å². The van der Waals surface area contributed by atoms with Gasteiger partial charge < -0.3 is 15.0 Å². The predicted molar refractivity (Wildman–Crippen MR) is 101 cm³/mol. The minimum absolute atomic E-state index is 0.294. The number of benzene rings is 1. The number of halogens is 1. The van der Waals surface area contributed by atoms with Gasteiger partial charge in [-0.15, -0.1) is 11.3 Å². The fraction of sp³-hybridized carbons (Fsp3) is 0.125. The van der Waals surface area contributed by atoms with E-state index in [0.717, 1.165) is 5.56 Å². The number of carbonyl (C=O) groups excluding carboxylic acids is 2. The Bertz CT molecular complexity index is 945. The van der Waals surface area contributed by atoms with Gasteiger partial charge in [-0.3, -0.25) is 14.9 Å². The van der Waals surface area contributed by atoms with Gasteiger partial charge in [-0.2, -0.15) is 0 Å². The van der Waals surface area contributed by atoms with E-state index >= 15 is 0 Å². The molecule has 1 fully saturated rings. The summed E-state index contributed by atoms with van der Waals surface area (Å²) < 4.78 is 5.41. The molecule has 2 aliphatic heterocycles. The molecule has 26 heavy (non-hydrogen) atoms. The van der Waals surface area contributed by atoms with Gasteiger partial charge in [0, 0.05) is 16.1 Å². The van der Waals surface area contributed by atoms with Crippen LogP contribution < -0.4 is 10.6 Å². The number of nitrogens with zero attached hydrogens (tertiary/aromatic N) is 2. The molecule has 0 bridgehead atoms. The van der Waals surface area contributed by atoms with Crippen LogP contribution in [0.15, 0.2) is 41.0 Å². The summed E-state index contributed by atoms with van der Waals surface area (Å²) in [5.41, 5.74) is 3.57. The Morgan fingerprint density at radius 3 is 3.08 bits per heavy atom. The lowest BCUT2D eigenvalue weighted by atomic mass is 10.0. The van der Waals surface area contributed by atoms with Crippen molar-refractivity contribution in [2.45, 2.75) is 6.04 Å². The van der Waals surface area contributed by atoms with Gasteiger partial charge in [0.05, 0.1) is 11.6 Å². The standard InChI is InChI=1S/C16H11ClN4O3S2/c17-10-3-8(19-14(22)11-6-26-7-18-11)1-2-9(10)12-4-24-5-13-15(23)20-16(25)21(12)13/h1-3,5-7,12H,4H2,(H,19,22)(H,20,23,25). The Morgan fingerprint density at radius 2 is 2.35 bits per heavy atom. The van der Waals surface area contributed by atoms with Crippen LogP contribution in [0.25, 0.3) is 0 Å². The van der Waals surface area contributed by atoms with Crippen LogP contribution in [0.4, 0.5) is 5.69 Å². The lowest BCUT2D eigenvalue weighted by molar-refractivity contribution is -0.116. The number of hydrogen-bond donors (Lipinski definition) is 2. The number of aromatic nitrogens is 1. The van der Waals surface area contributed by atoms with Crippen molar-refractivity contribution < 1.29 is 14.3 Å². The van der Waals surface area contributed by atoms with Gasteiger partial charge in [0.1, 0.15) is 24.3 Å². The minimum Gasteiger partial charge on any atom is -0.496 e. The summed E-state index contributed by atoms with van der Waals surface area (Å²) in [6.45, 7) is 0.294. The molecule has 7 nitrogen and oxygen atoms in total.